The number of aryl methyl sites for hydroxylation is 2. The first-order chi connectivity index (χ1) is 11.2. The Labute approximate surface area is 154 Å². The number of alkyl halides is 1. The van der Waals surface area contributed by atoms with Crippen LogP contribution in [0.15, 0.2) is 12.1 Å². The molecule has 0 aromatic heterocycles. The van der Waals surface area contributed by atoms with Crippen LogP contribution in [0, 0.1) is 6.92 Å². The van der Waals surface area contributed by atoms with Gasteiger partial charge in [-0.25, -0.2) is 4.39 Å². The van der Waals surface area contributed by atoms with E-state index in [4.69, 9.17) is 0 Å². The van der Waals surface area contributed by atoms with Gasteiger partial charge in [0.1, 0.15) is 5.67 Å². The Hall–Kier alpha value is -0.540. The van der Waals surface area contributed by atoms with E-state index in [1.807, 2.05) is 31.7 Å². The summed E-state index contributed by atoms with van der Waals surface area (Å²) in [6, 6.07) is 4.60. The van der Waals surface area contributed by atoms with Crippen molar-refractivity contribution in [2.24, 2.45) is 0 Å². The van der Waals surface area contributed by atoms with Crippen molar-refractivity contribution in [2.75, 3.05) is 25.6 Å². The van der Waals surface area contributed by atoms with Crippen molar-refractivity contribution < 1.29 is 4.39 Å². The Morgan fingerprint density at radius 3 is 2.29 bits per heavy atom. The molecular formula is C21H38FNS. The van der Waals surface area contributed by atoms with Crippen LogP contribution < -0.4 is 0 Å². The van der Waals surface area contributed by atoms with E-state index < -0.39 is 5.67 Å². The number of halogens is 1. The fourth-order valence-electron chi connectivity index (χ4n) is 2.75. The average molecular weight is 356 g/mol. The van der Waals surface area contributed by atoms with Crippen LogP contribution in [-0.4, -0.2) is 36.5 Å². The highest BCUT2D eigenvalue weighted by atomic mass is 32.2. The van der Waals surface area contributed by atoms with Crippen molar-refractivity contribution in [3.05, 3.63) is 34.4 Å². The number of hydrogen-bond donors (Lipinski definition) is 0. The third-order valence-electron chi connectivity index (χ3n) is 4.53. The molecule has 3 heteroatoms. The maximum Gasteiger partial charge on any atom is 0.130 e. The molecule has 1 nitrogen and oxygen atoms in total. The van der Waals surface area contributed by atoms with Crippen molar-refractivity contribution >= 4 is 11.8 Å². The van der Waals surface area contributed by atoms with Gasteiger partial charge in [0.2, 0.25) is 0 Å². The van der Waals surface area contributed by atoms with Crippen LogP contribution in [0.3, 0.4) is 0 Å². The first kappa shape index (κ1) is 23.5. The molecule has 0 bridgehead atoms. The summed E-state index contributed by atoms with van der Waals surface area (Å²) in [7, 11) is 2.20. The molecule has 0 fully saturated rings. The zero-order chi connectivity index (χ0) is 18.9. The number of hydrogen-bond acceptors (Lipinski definition) is 2. The number of benzene rings is 1. The highest BCUT2D eigenvalue weighted by molar-refractivity contribution is 7.98. The molecule has 0 saturated heterocycles. The zero-order valence-corrected chi connectivity index (χ0v) is 18.1. The fourth-order valence-corrected chi connectivity index (χ4v) is 3.22. The maximum atomic E-state index is 14.3. The van der Waals surface area contributed by atoms with Crippen molar-refractivity contribution in [3.8, 4) is 0 Å². The first-order valence-corrected chi connectivity index (χ1v) is 10.6. The lowest BCUT2D eigenvalue weighted by Crippen LogP contribution is -2.33. The van der Waals surface area contributed by atoms with E-state index in [0.29, 0.717) is 6.04 Å². The highest BCUT2D eigenvalue weighted by Gasteiger charge is 2.22. The lowest BCUT2D eigenvalue weighted by molar-refractivity contribution is 0.221. The van der Waals surface area contributed by atoms with Crippen molar-refractivity contribution in [1.82, 2.24) is 4.90 Å². The third-order valence-corrected chi connectivity index (χ3v) is 5.12. The largest absolute Gasteiger partial charge is 0.303 e. The Morgan fingerprint density at radius 1 is 1.25 bits per heavy atom. The second-order valence-electron chi connectivity index (χ2n) is 6.78. The van der Waals surface area contributed by atoms with Crippen molar-refractivity contribution in [1.29, 1.82) is 0 Å². The van der Waals surface area contributed by atoms with Gasteiger partial charge in [0.05, 0.1) is 0 Å². The molecule has 0 aliphatic heterocycles. The molecular weight excluding hydrogens is 317 g/mol. The van der Waals surface area contributed by atoms with Gasteiger partial charge in [0.15, 0.2) is 0 Å². The van der Waals surface area contributed by atoms with Crippen LogP contribution in [0.25, 0.3) is 0 Å². The number of nitrogens with zero attached hydrogens (tertiary/aromatic N) is 1. The molecule has 24 heavy (non-hydrogen) atoms. The lowest BCUT2D eigenvalue weighted by atomic mass is 9.88. The van der Waals surface area contributed by atoms with Crippen LogP contribution in [0.2, 0.25) is 0 Å². The van der Waals surface area contributed by atoms with Gasteiger partial charge in [-0.2, -0.15) is 11.8 Å². The summed E-state index contributed by atoms with van der Waals surface area (Å²) in [6.07, 6.45) is 4.14. The molecule has 0 aliphatic rings. The normalized spacial score (nSPS) is 12.8. The predicted molar refractivity (Wildman–Crippen MR) is 110 cm³/mol. The molecule has 140 valence electrons. The summed E-state index contributed by atoms with van der Waals surface area (Å²) in [5.41, 5.74) is 3.46. The van der Waals surface area contributed by atoms with Crippen molar-refractivity contribution in [3.63, 3.8) is 0 Å². The molecule has 0 radical (unpaired) electrons. The SMILES string of the molecule is CC.CCc1cc(C(C)(C)F)cc(C)c1CC(C)N(C)CCSC. The van der Waals surface area contributed by atoms with E-state index in [1.165, 1.54) is 16.7 Å². The molecule has 0 spiro atoms. The summed E-state index contributed by atoms with van der Waals surface area (Å²) in [4.78, 5) is 2.42. The Balaban J connectivity index is 0.00000254. The molecule has 0 saturated carbocycles. The smallest absolute Gasteiger partial charge is 0.130 e. The minimum atomic E-state index is -1.27. The molecule has 1 aromatic rings. The zero-order valence-electron chi connectivity index (χ0n) is 17.3. The molecule has 1 rings (SSSR count). The standard InChI is InChI=1S/C19H32FNS.C2H6/c1-8-16-13-17(19(4,5)20)11-14(2)18(16)12-15(3)21(6)9-10-22-7;1-2/h11,13,15H,8-10,12H2,1-7H3;1-2H3. The van der Waals surface area contributed by atoms with Gasteiger partial charge in [-0.15, -0.1) is 0 Å². The molecule has 1 unspecified atom stereocenters. The van der Waals surface area contributed by atoms with Gasteiger partial charge in [-0.05, 0) is 76.1 Å². The molecule has 0 N–H and O–H groups in total. The molecule has 0 aliphatic carbocycles. The Morgan fingerprint density at radius 2 is 1.83 bits per heavy atom. The minimum absolute atomic E-state index is 0.500. The van der Waals surface area contributed by atoms with E-state index in [0.717, 1.165) is 30.7 Å². The highest BCUT2D eigenvalue weighted by Crippen LogP contribution is 2.29. The number of likely N-dealkylation sites (N-methyl/N-ethyl adjacent to an activating group) is 1. The summed E-state index contributed by atoms with van der Waals surface area (Å²) in [6.45, 7) is 15.0. The van der Waals surface area contributed by atoms with E-state index in [1.54, 1.807) is 13.8 Å². The Kier molecular flexibility index (Phi) is 10.9. The van der Waals surface area contributed by atoms with E-state index in [9.17, 15) is 4.39 Å². The fraction of sp³-hybridized carbons (Fsp3) is 0.714. The van der Waals surface area contributed by atoms with Gasteiger partial charge in [0.25, 0.3) is 0 Å². The van der Waals surface area contributed by atoms with Gasteiger partial charge in [-0.1, -0.05) is 32.9 Å². The second-order valence-corrected chi connectivity index (χ2v) is 7.77. The van der Waals surface area contributed by atoms with Crippen molar-refractivity contribution in [2.45, 2.75) is 73.0 Å². The number of thioether (sulfide) groups is 1. The molecule has 1 aromatic carbocycles. The van der Waals surface area contributed by atoms with Crippen LogP contribution >= 0.6 is 11.8 Å². The van der Waals surface area contributed by atoms with E-state index >= 15 is 0 Å². The quantitative estimate of drug-likeness (QED) is 0.561. The summed E-state index contributed by atoms with van der Waals surface area (Å²) in [5.74, 6) is 1.16. The van der Waals surface area contributed by atoms with Gasteiger partial charge in [0, 0.05) is 18.3 Å². The molecule has 0 heterocycles. The maximum absolute atomic E-state index is 14.3. The monoisotopic (exact) mass is 355 g/mol. The van der Waals surface area contributed by atoms with Crippen LogP contribution in [0.4, 0.5) is 4.39 Å². The summed E-state index contributed by atoms with van der Waals surface area (Å²) in [5, 5.41) is 0. The van der Waals surface area contributed by atoms with Crippen LogP contribution in [-0.2, 0) is 18.5 Å². The van der Waals surface area contributed by atoms with Gasteiger partial charge < -0.3 is 4.90 Å². The predicted octanol–water partition coefficient (Wildman–Crippen LogP) is 6.01. The van der Waals surface area contributed by atoms with Gasteiger partial charge >= 0.3 is 0 Å². The van der Waals surface area contributed by atoms with Crippen LogP contribution in [0.5, 0.6) is 0 Å². The third kappa shape index (κ3) is 7.14. The van der Waals surface area contributed by atoms with Crippen LogP contribution in [0.1, 0.15) is 63.8 Å². The molecule has 1 atom stereocenters. The Bertz CT molecular complexity index is 479. The second kappa shape index (κ2) is 11.1. The average Bonchev–Trinajstić information content (AvgIpc) is 2.54. The molecule has 0 amide bonds. The van der Waals surface area contributed by atoms with Gasteiger partial charge in [-0.3, -0.25) is 0 Å². The summed E-state index contributed by atoms with van der Waals surface area (Å²) >= 11 is 1.89. The topological polar surface area (TPSA) is 3.24 Å². The van der Waals surface area contributed by atoms with E-state index in [-0.39, 0.29) is 0 Å². The van der Waals surface area contributed by atoms with E-state index in [2.05, 4.69) is 45.0 Å². The lowest BCUT2D eigenvalue weighted by Gasteiger charge is -2.27. The summed E-state index contributed by atoms with van der Waals surface area (Å²) < 4.78 is 14.3. The number of rotatable bonds is 8. The minimum Gasteiger partial charge on any atom is -0.303 e. The first-order valence-electron chi connectivity index (χ1n) is 9.21.